The predicted octanol–water partition coefficient (Wildman–Crippen LogP) is 0.272. The number of rotatable bonds is 4. The van der Waals surface area contributed by atoms with Gasteiger partial charge in [0.15, 0.2) is 23.2 Å². The largest absolute Gasteiger partial charge is 0.479 e. The summed E-state index contributed by atoms with van der Waals surface area (Å²) in [6.07, 6.45) is -0.459. The lowest BCUT2D eigenvalue weighted by Crippen LogP contribution is -2.61. The molecule has 3 heterocycles. The molecule has 138 valence electrons. The van der Waals surface area contributed by atoms with Crippen LogP contribution in [0.3, 0.4) is 0 Å². The number of halogens is 1. The maximum atomic E-state index is 12.6. The molecule has 0 radical (unpaired) electrons. The number of carbonyl (C=O) groups excluding carboxylic acids is 1. The van der Waals surface area contributed by atoms with Crippen molar-refractivity contribution in [2.45, 2.75) is 31.7 Å². The number of morpholine rings is 1. The van der Waals surface area contributed by atoms with E-state index in [1.165, 1.54) is 15.8 Å². The number of aromatic nitrogens is 4. The number of nitrogens with zero attached hydrogens (tertiary/aromatic N) is 5. The zero-order chi connectivity index (χ0) is 19.1. The molecule has 0 spiro atoms. The summed E-state index contributed by atoms with van der Waals surface area (Å²) in [5.41, 5.74) is -0.335. The van der Waals surface area contributed by atoms with Gasteiger partial charge in [-0.1, -0.05) is 11.6 Å². The van der Waals surface area contributed by atoms with E-state index in [2.05, 4.69) is 15.3 Å². The summed E-state index contributed by atoms with van der Waals surface area (Å²) in [5, 5.41) is 30.7. The van der Waals surface area contributed by atoms with Gasteiger partial charge in [-0.2, -0.15) is 5.10 Å². The van der Waals surface area contributed by atoms with E-state index < -0.39 is 29.7 Å². The zero-order valence-electron chi connectivity index (χ0n) is 13.9. The number of aliphatic hydroxyl groups excluding tert-OH is 1. The predicted molar refractivity (Wildman–Crippen MR) is 89.1 cm³/mol. The molecule has 26 heavy (non-hydrogen) atoms. The van der Waals surface area contributed by atoms with Crippen molar-refractivity contribution in [1.29, 1.82) is 0 Å². The van der Waals surface area contributed by atoms with Gasteiger partial charge in [0.25, 0.3) is 5.91 Å². The van der Waals surface area contributed by atoms with Crippen LogP contribution in [-0.2, 0) is 14.3 Å². The molecule has 2 aromatic rings. The van der Waals surface area contributed by atoms with Crippen LogP contribution < -0.4 is 4.90 Å². The number of hydrogen-bond acceptors (Lipinski definition) is 7. The van der Waals surface area contributed by atoms with E-state index in [1.54, 1.807) is 32.2 Å². The summed E-state index contributed by atoms with van der Waals surface area (Å²) in [6.45, 7) is 3.52. The average molecular weight is 382 g/mol. The van der Waals surface area contributed by atoms with Gasteiger partial charge >= 0.3 is 5.97 Å². The summed E-state index contributed by atoms with van der Waals surface area (Å²) in [7, 11) is 0. The first kappa shape index (κ1) is 18.2. The molecule has 1 unspecified atom stereocenters. The number of ether oxygens (including phenoxy) is 1. The SMILES string of the molecule is CC1(C)CN(c2ccn(-c3cnnc(Cl)c3)n2)C(=O)[C@@H](C(O)C(=O)O)O1. The fraction of sp³-hybridized carbons (Fsp3) is 0.400. The van der Waals surface area contributed by atoms with E-state index in [-0.39, 0.29) is 17.5 Å². The second-order valence-electron chi connectivity index (χ2n) is 6.36. The third-order valence-electron chi connectivity index (χ3n) is 3.76. The van der Waals surface area contributed by atoms with Gasteiger partial charge in [-0.05, 0) is 13.8 Å². The van der Waals surface area contributed by atoms with Crippen molar-refractivity contribution < 1.29 is 24.5 Å². The van der Waals surface area contributed by atoms with Crippen molar-refractivity contribution in [3.63, 3.8) is 0 Å². The lowest BCUT2D eigenvalue weighted by molar-refractivity contribution is -0.178. The minimum atomic E-state index is -1.98. The minimum absolute atomic E-state index is 0.140. The zero-order valence-corrected chi connectivity index (χ0v) is 14.7. The van der Waals surface area contributed by atoms with E-state index in [1.807, 2.05) is 0 Å². The molecule has 3 rings (SSSR count). The van der Waals surface area contributed by atoms with Crippen molar-refractivity contribution in [2.24, 2.45) is 0 Å². The van der Waals surface area contributed by atoms with E-state index >= 15 is 0 Å². The Bertz CT molecular complexity index is 854. The molecule has 11 heteroatoms. The maximum Gasteiger partial charge on any atom is 0.335 e. The lowest BCUT2D eigenvalue weighted by Gasteiger charge is -2.41. The van der Waals surface area contributed by atoms with Crippen molar-refractivity contribution in [1.82, 2.24) is 20.0 Å². The molecule has 10 nitrogen and oxygen atoms in total. The number of aliphatic carboxylic acids is 1. The highest BCUT2D eigenvalue weighted by molar-refractivity contribution is 6.29. The summed E-state index contributed by atoms with van der Waals surface area (Å²) in [5.74, 6) is -1.94. The summed E-state index contributed by atoms with van der Waals surface area (Å²) in [6, 6.07) is 3.13. The Hall–Kier alpha value is -2.56. The van der Waals surface area contributed by atoms with Crippen molar-refractivity contribution in [2.75, 3.05) is 11.4 Å². The highest BCUT2D eigenvalue weighted by Crippen LogP contribution is 2.28. The van der Waals surface area contributed by atoms with Crippen LogP contribution in [0.25, 0.3) is 5.69 Å². The smallest absolute Gasteiger partial charge is 0.335 e. The highest BCUT2D eigenvalue weighted by atomic mass is 35.5. The Kier molecular flexibility index (Phi) is 4.65. The first-order chi connectivity index (χ1) is 12.2. The molecule has 0 bridgehead atoms. The summed E-state index contributed by atoms with van der Waals surface area (Å²) < 4.78 is 6.93. The second kappa shape index (κ2) is 6.63. The van der Waals surface area contributed by atoms with Crippen molar-refractivity contribution in [3.05, 3.63) is 29.7 Å². The van der Waals surface area contributed by atoms with Crippen LogP contribution >= 0.6 is 11.6 Å². The molecule has 0 aliphatic carbocycles. The fourth-order valence-electron chi connectivity index (χ4n) is 2.63. The maximum absolute atomic E-state index is 12.6. The van der Waals surface area contributed by atoms with Crippen LogP contribution in [-0.4, -0.2) is 66.4 Å². The van der Waals surface area contributed by atoms with Crippen LogP contribution in [0.4, 0.5) is 5.82 Å². The van der Waals surface area contributed by atoms with Crippen molar-refractivity contribution in [3.8, 4) is 5.69 Å². The van der Waals surface area contributed by atoms with Crippen LogP contribution in [0.2, 0.25) is 5.15 Å². The fourth-order valence-corrected chi connectivity index (χ4v) is 2.78. The molecule has 2 aromatic heterocycles. The van der Waals surface area contributed by atoms with E-state index in [0.29, 0.717) is 5.69 Å². The molecular formula is C15H16ClN5O5. The molecule has 1 aliphatic rings. The van der Waals surface area contributed by atoms with E-state index in [0.717, 1.165) is 0 Å². The van der Waals surface area contributed by atoms with Gasteiger partial charge in [0.05, 0.1) is 24.0 Å². The normalized spacial score (nSPS) is 20.8. The van der Waals surface area contributed by atoms with Crippen LogP contribution in [0.5, 0.6) is 0 Å². The highest BCUT2D eigenvalue weighted by Gasteiger charge is 2.46. The summed E-state index contributed by atoms with van der Waals surface area (Å²) in [4.78, 5) is 25.0. The Morgan fingerprint density at radius 1 is 1.50 bits per heavy atom. The van der Waals surface area contributed by atoms with Gasteiger partial charge in [-0.3, -0.25) is 9.69 Å². The third kappa shape index (κ3) is 3.52. The van der Waals surface area contributed by atoms with Gasteiger partial charge in [-0.15, -0.1) is 10.2 Å². The number of aliphatic hydroxyl groups is 1. The second-order valence-corrected chi connectivity index (χ2v) is 6.75. The van der Waals surface area contributed by atoms with Gasteiger partial charge in [0.2, 0.25) is 0 Å². The Balaban J connectivity index is 1.92. The number of amides is 1. The first-order valence-electron chi connectivity index (χ1n) is 7.62. The first-order valence-corrected chi connectivity index (χ1v) is 8.00. The molecule has 1 fully saturated rings. The van der Waals surface area contributed by atoms with E-state index in [4.69, 9.17) is 21.4 Å². The van der Waals surface area contributed by atoms with Gasteiger partial charge in [0, 0.05) is 18.3 Å². The molecule has 0 aromatic carbocycles. The Morgan fingerprint density at radius 3 is 2.88 bits per heavy atom. The lowest BCUT2D eigenvalue weighted by atomic mass is 10.0. The molecule has 1 saturated heterocycles. The topological polar surface area (TPSA) is 131 Å². The third-order valence-corrected chi connectivity index (χ3v) is 3.95. The van der Waals surface area contributed by atoms with E-state index in [9.17, 15) is 14.7 Å². The molecular weight excluding hydrogens is 366 g/mol. The standard InChI is InChI=1S/C15H16ClN5O5/c1-15(2)7-20(13(23)12(26-15)11(22)14(24)25)10-3-4-21(19-10)8-5-9(16)18-17-6-8/h3-6,11-12,22H,7H2,1-2H3,(H,24,25)/t11?,12-/m1/s1. The quantitative estimate of drug-likeness (QED) is 0.771. The van der Waals surface area contributed by atoms with Crippen LogP contribution in [0, 0.1) is 0 Å². The number of carbonyl (C=O) groups is 2. The number of hydrogen-bond donors (Lipinski definition) is 2. The van der Waals surface area contributed by atoms with Gasteiger partial charge < -0.3 is 14.9 Å². The number of anilines is 1. The Morgan fingerprint density at radius 2 is 2.23 bits per heavy atom. The minimum Gasteiger partial charge on any atom is -0.479 e. The van der Waals surface area contributed by atoms with Crippen LogP contribution in [0.15, 0.2) is 24.5 Å². The van der Waals surface area contributed by atoms with Crippen molar-refractivity contribution >= 4 is 29.3 Å². The van der Waals surface area contributed by atoms with Crippen LogP contribution in [0.1, 0.15) is 13.8 Å². The monoisotopic (exact) mass is 381 g/mol. The summed E-state index contributed by atoms with van der Waals surface area (Å²) >= 11 is 5.82. The molecule has 2 atom stereocenters. The van der Waals surface area contributed by atoms with Gasteiger partial charge in [-0.25, -0.2) is 9.48 Å². The molecule has 1 amide bonds. The Labute approximate surface area is 153 Å². The molecule has 2 N–H and O–H groups in total. The van der Waals surface area contributed by atoms with Gasteiger partial charge in [0.1, 0.15) is 0 Å². The molecule has 0 saturated carbocycles. The number of carboxylic acid groups (broad SMARTS) is 1. The average Bonchev–Trinajstić information content (AvgIpc) is 3.05. The molecule has 1 aliphatic heterocycles. The number of carboxylic acids is 1.